The van der Waals surface area contributed by atoms with Crippen molar-refractivity contribution in [1.82, 2.24) is 15.2 Å². The second kappa shape index (κ2) is 11.0. The maximum atomic E-state index is 13.2. The molecule has 1 saturated heterocycles. The van der Waals surface area contributed by atoms with Crippen LogP contribution >= 0.6 is 0 Å². The molecule has 4 rings (SSSR count). The molecule has 9 heteroatoms. The van der Waals surface area contributed by atoms with E-state index >= 15 is 0 Å². The van der Waals surface area contributed by atoms with E-state index in [0.29, 0.717) is 24.6 Å². The second-order valence-corrected chi connectivity index (χ2v) is 8.66. The number of hydrogen-bond acceptors (Lipinski definition) is 5. The molecule has 1 aliphatic rings. The number of amides is 1. The largest absolute Gasteiger partial charge is 0.447 e. The van der Waals surface area contributed by atoms with Crippen molar-refractivity contribution in [3.05, 3.63) is 89.1 Å². The van der Waals surface area contributed by atoms with Crippen LogP contribution in [0.15, 0.2) is 65.3 Å². The van der Waals surface area contributed by atoms with Crippen LogP contribution in [0.3, 0.4) is 0 Å². The fourth-order valence-electron chi connectivity index (χ4n) is 4.12. The lowest BCUT2D eigenvalue weighted by atomic mass is 10.0. The topological polar surface area (TPSA) is 67.6 Å². The Morgan fingerprint density at radius 2 is 1.97 bits per heavy atom. The predicted molar refractivity (Wildman–Crippen MR) is 123 cm³/mol. The van der Waals surface area contributed by atoms with Gasteiger partial charge in [-0.15, -0.1) is 0 Å². The average molecular weight is 488 g/mol. The van der Waals surface area contributed by atoms with Crippen LogP contribution in [0, 0.1) is 0 Å². The molecule has 0 bridgehead atoms. The molecular formula is C26H28F3N3O3. The van der Waals surface area contributed by atoms with Crippen molar-refractivity contribution in [2.45, 2.75) is 51.2 Å². The van der Waals surface area contributed by atoms with Crippen molar-refractivity contribution in [1.29, 1.82) is 0 Å². The Morgan fingerprint density at radius 3 is 2.69 bits per heavy atom. The highest BCUT2D eigenvalue weighted by Gasteiger charge is 2.30. The van der Waals surface area contributed by atoms with E-state index < -0.39 is 11.7 Å². The smallest absolute Gasteiger partial charge is 0.416 e. The summed E-state index contributed by atoms with van der Waals surface area (Å²) in [6.07, 6.45) is -1.21. The lowest BCUT2D eigenvalue weighted by molar-refractivity contribution is -0.137. The molecule has 35 heavy (non-hydrogen) atoms. The standard InChI is InChI=1S/C26H28F3N3O3/c1-18(20-8-3-2-4-9-20)32(15-19-7-5-10-21(13-19)26(27,28)29)16-24-31-23(17-35-24)25(33)30-14-22-11-6-12-34-22/h2-5,7-10,13,17-18,22H,6,11-12,14-16H2,1H3,(H,30,33)/t18-,22+/m1/s1. The normalized spacial score (nSPS) is 17.0. The summed E-state index contributed by atoms with van der Waals surface area (Å²) in [6.45, 7) is 3.54. The summed E-state index contributed by atoms with van der Waals surface area (Å²) in [5, 5.41) is 2.81. The first-order valence-corrected chi connectivity index (χ1v) is 11.6. The van der Waals surface area contributed by atoms with Gasteiger partial charge in [-0.2, -0.15) is 13.2 Å². The molecule has 1 aromatic heterocycles. The molecule has 1 fully saturated rings. The quantitative estimate of drug-likeness (QED) is 0.440. The Kier molecular flexibility index (Phi) is 7.87. The van der Waals surface area contributed by atoms with Crippen LogP contribution < -0.4 is 5.32 Å². The van der Waals surface area contributed by atoms with Gasteiger partial charge in [-0.3, -0.25) is 9.69 Å². The Labute approximate surface area is 202 Å². The predicted octanol–water partition coefficient (Wildman–Crippen LogP) is 5.37. The van der Waals surface area contributed by atoms with Crippen molar-refractivity contribution in [3.63, 3.8) is 0 Å². The first-order valence-electron chi connectivity index (χ1n) is 11.6. The van der Waals surface area contributed by atoms with Gasteiger partial charge in [0, 0.05) is 25.7 Å². The molecule has 1 amide bonds. The molecule has 2 atom stereocenters. The summed E-state index contributed by atoms with van der Waals surface area (Å²) in [5.74, 6) is -0.0435. The molecule has 0 spiro atoms. The van der Waals surface area contributed by atoms with Crippen LogP contribution in [0.1, 0.15) is 58.9 Å². The minimum absolute atomic E-state index is 0.0139. The number of carbonyl (C=O) groups is 1. The third-order valence-electron chi connectivity index (χ3n) is 6.11. The average Bonchev–Trinajstić information content (AvgIpc) is 3.54. The zero-order chi connectivity index (χ0) is 24.8. The molecule has 2 heterocycles. The fourth-order valence-corrected chi connectivity index (χ4v) is 4.12. The molecule has 0 saturated carbocycles. The third kappa shape index (κ3) is 6.70. The van der Waals surface area contributed by atoms with Crippen LogP contribution in [0.25, 0.3) is 0 Å². The number of ether oxygens (including phenoxy) is 1. The van der Waals surface area contributed by atoms with Crippen molar-refractivity contribution in [2.24, 2.45) is 0 Å². The molecule has 1 N–H and O–H groups in total. The number of rotatable bonds is 9. The van der Waals surface area contributed by atoms with Gasteiger partial charge in [-0.1, -0.05) is 48.5 Å². The summed E-state index contributed by atoms with van der Waals surface area (Å²) >= 11 is 0. The van der Waals surface area contributed by atoms with Crippen molar-refractivity contribution >= 4 is 5.91 Å². The lowest BCUT2D eigenvalue weighted by Gasteiger charge is -2.28. The van der Waals surface area contributed by atoms with Crippen LogP contribution in [-0.4, -0.2) is 35.0 Å². The summed E-state index contributed by atoms with van der Waals surface area (Å²) in [6, 6.07) is 14.8. The van der Waals surface area contributed by atoms with E-state index in [0.717, 1.165) is 30.5 Å². The number of benzene rings is 2. The van der Waals surface area contributed by atoms with Crippen molar-refractivity contribution in [2.75, 3.05) is 13.2 Å². The summed E-state index contributed by atoms with van der Waals surface area (Å²) in [4.78, 5) is 18.8. The van der Waals surface area contributed by atoms with E-state index in [9.17, 15) is 18.0 Å². The van der Waals surface area contributed by atoms with Gasteiger partial charge in [0.15, 0.2) is 5.69 Å². The zero-order valence-corrected chi connectivity index (χ0v) is 19.4. The number of nitrogens with one attached hydrogen (secondary N) is 1. The van der Waals surface area contributed by atoms with E-state index in [2.05, 4.69) is 10.3 Å². The third-order valence-corrected chi connectivity index (χ3v) is 6.11. The lowest BCUT2D eigenvalue weighted by Crippen LogP contribution is -2.32. The van der Waals surface area contributed by atoms with E-state index in [1.807, 2.05) is 42.2 Å². The monoisotopic (exact) mass is 487 g/mol. The Balaban J connectivity index is 1.49. The molecule has 0 radical (unpaired) electrons. The number of aromatic nitrogens is 1. The number of oxazole rings is 1. The molecule has 0 unspecified atom stereocenters. The molecule has 6 nitrogen and oxygen atoms in total. The van der Waals surface area contributed by atoms with Crippen LogP contribution in [0.5, 0.6) is 0 Å². The molecule has 2 aromatic carbocycles. The first kappa shape index (κ1) is 24.9. The van der Waals surface area contributed by atoms with E-state index in [1.54, 1.807) is 6.07 Å². The zero-order valence-electron chi connectivity index (χ0n) is 19.4. The maximum absolute atomic E-state index is 13.2. The highest BCUT2D eigenvalue weighted by molar-refractivity contribution is 5.91. The molecule has 3 aromatic rings. The molecular weight excluding hydrogens is 459 g/mol. The number of nitrogens with zero attached hydrogens (tertiary/aromatic N) is 2. The molecule has 0 aliphatic carbocycles. The number of hydrogen-bond donors (Lipinski definition) is 1. The van der Waals surface area contributed by atoms with E-state index in [4.69, 9.17) is 9.15 Å². The number of alkyl halides is 3. The van der Waals surface area contributed by atoms with Gasteiger partial charge in [-0.05, 0) is 37.0 Å². The highest BCUT2D eigenvalue weighted by atomic mass is 19.4. The summed E-state index contributed by atoms with van der Waals surface area (Å²) in [7, 11) is 0. The minimum Gasteiger partial charge on any atom is -0.447 e. The Bertz CT molecular complexity index is 1110. The molecule has 186 valence electrons. The number of halogens is 3. The van der Waals surface area contributed by atoms with Crippen LogP contribution in [-0.2, 0) is 24.0 Å². The molecule has 1 aliphatic heterocycles. The van der Waals surface area contributed by atoms with Gasteiger partial charge in [0.25, 0.3) is 5.91 Å². The Hall–Kier alpha value is -3.17. The van der Waals surface area contributed by atoms with E-state index in [1.165, 1.54) is 12.3 Å². The van der Waals surface area contributed by atoms with Gasteiger partial charge in [0.05, 0.1) is 18.2 Å². The summed E-state index contributed by atoms with van der Waals surface area (Å²) < 4.78 is 50.8. The van der Waals surface area contributed by atoms with E-state index in [-0.39, 0.29) is 36.8 Å². The second-order valence-electron chi connectivity index (χ2n) is 8.66. The first-order chi connectivity index (χ1) is 16.8. The van der Waals surface area contributed by atoms with Gasteiger partial charge in [0.1, 0.15) is 6.26 Å². The van der Waals surface area contributed by atoms with Crippen molar-refractivity contribution in [3.8, 4) is 0 Å². The number of carbonyl (C=O) groups excluding carboxylic acids is 1. The summed E-state index contributed by atoms with van der Waals surface area (Å²) in [5.41, 5.74) is 0.984. The van der Waals surface area contributed by atoms with Crippen LogP contribution in [0.4, 0.5) is 13.2 Å². The highest BCUT2D eigenvalue weighted by Crippen LogP contribution is 2.31. The fraction of sp³-hybridized carbons (Fsp3) is 0.385. The maximum Gasteiger partial charge on any atom is 0.416 e. The van der Waals surface area contributed by atoms with Gasteiger partial charge in [-0.25, -0.2) is 4.98 Å². The van der Waals surface area contributed by atoms with Crippen LogP contribution in [0.2, 0.25) is 0 Å². The SMILES string of the molecule is C[C@H](c1ccccc1)N(Cc1cccc(C(F)(F)F)c1)Cc1nc(C(=O)NC[C@@H]2CCCO2)co1. The van der Waals surface area contributed by atoms with Gasteiger partial charge in [0.2, 0.25) is 5.89 Å². The van der Waals surface area contributed by atoms with Gasteiger partial charge < -0.3 is 14.5 Å². The van der Waals surface area contributed by atoms with Crippen molar-refractivity contribution < 1.29 is 27.1 Å². The Morgan fingerprint density at radius 1 is 1.17 bits per heavy atom. The minimum atomic E-state index is -4.42. The van der Waals surface area contributed by atoms with Gasteiger partial charge >= 0.3 is 6.18 Å².